The molecule has 2 N–H and O–H groups in total. The summed E-state index contributed by atoms with van der Waals surface area (Å²) in [7, 11) is 0. The number of nitrogens with one attached hydrogen (secondary N) is 2. The topological polar surface area (TPSA) is 74.8 Å². The second kappa shape index (κ2) is 6.20. The lowest BCUT2D eigenvalue weighted by Crippen LogP contribution is -2.32. The molecule has 0 bridgehead atoms. The molecule has 0 unspecified atom stereocenters. The van der Waals surface area contributed by atoms with Gasteiger partial charge in [-0.05, 0) is 38.2 Å². The minimum Gasteiger partial charge on any atom is -0.354 e. The Hall–Kier alpha value is -1.69. The smallest absolute Gasteiger partial charge is 0.259 e. The van der Waals surface area contributed by atoms with Crippen molar-refractivity contribution in [1.82, 2.24) is 15.3 Å². The summed E-state index contributed by atoms with van der Waals surface area (Å²) in [6.45, 7) is 4.02. The predicted molar refractivity (Wildman–Crippen MR) is 88.5 cm³/mol. The maximum absolute atomic E-state index is 12.3. The second-order valence-corrected chi connectivity index (χ2v) is 7.01. The third kappa shape index (κ3) is 2.92. The first-order valence-corrected chi connectivity index (χ1v) is 8.73. The minimum atomic E-state index is -0.0539. The molecular weight excluding hydrogens is 298 g/mol. The summed E-state index contributed by atoms with van der Waals surface area (Å²) in [6.07, 6.45) is 4.90. The van der Waals surface area contributed by atoms with Gasteiger partial charge in [0.15, 0.2) is 0 Å². The van der Waals surface area contributed by atoms with Crippen molar-refractivity contribution in [3.05, 3.63) is 26.6 Å². The first kappa shape index (κ1) is 15.2. The normalized spacial score (nSPS) is 15.0. The maximum atomic E-state index is 12.3. The Morgan fingerprint density at radius 2 is 2.27 bits per heavy atom. The number of aromatic amines is 1. The van der Waals surface area contributed by atoms with Crippen LogP contribution in [0.4, 0.5) is 0 Å². The van der Waals surface area contributed by atoms with Crippen LogP contribution in [-0.2, 0) is 24.1 Å². The van der Waals surface area contributed by atoms with Gasteiger partial charge in [0.2, 0.25) is 5.91 Å². The van der Waals surface area contributed by atoms with Crippen molar-refractivity contribution >= 4 is 27.5 Å². The number of carbonyl (C=O) groups is 1. The van der Waals surface area contributed by atoms with E-state index in [9.17, 15) is 9.59 Å². The second-order valence-electron chi connectivity index (χ2n) is 5.93. The Kier molecular flexibility index (Phi) is 4.29. The van der Waals surface area contributed by atoms with Crippen LogP contribution >= 0.6 is 11.3 Å². The number of thiophene rings is 1. The molecule has 0 aliphatic heterocycles. The van der Waals surface area contributed by atoms with Crippen LogP contribution in [0.15, 0.2) is 4.79 Å². The molecule has 6 heteroatoms. The van der Waals surface area contributed by atoms with Crippen molar-refractivity contribution in [1.29, 1.82) is 0 Å². The average molecular weight is 319 g/mol. The standard InChI is InChI=1S/C16H21N3O2S/c1-3-9(2)17-13(20)8-7-12-18-15(21)14-10-5-4-6-11(10)22-16(14)19-12/h9H,3-8H2,1-2H3,(H,17,20)(H,18,19,21)/t9-/m0/s1. The molecule has 1 amide bonds. The van der Waals surface area contributed by atoms with Crippen molar-refractivity contribution in [3.63, 3.8) is 0 Å². The Balaban J connectivity index is 1.76. The summed E-state index contributed by atoms with van der Waals surface area (Å²) in [5.74, 6) is 0.613. The fourth-order valence-electron chi connectivity index (χ4n) is 2.85. The fourth-order valence-corrected chi connectivity index (χ4v) is 4.13. The van der Waals surface area contributed by atoms with E-state index in [1.54, 1.807) is 11.3 Å². The molecule has 2 aromatic heterocycles. The minimum absolute atomic E-state index is 0.00534. The molecule has 0 saturated carbocycles. The van der Waals surface area contributed by atoms with Crippen molar-refractivity contribution in [2.24, 2.45) is 0 Å². The van der Waals surface area contributed by atoms with Gasteiger partial charge in [-0.15, -0.1) is 11.3 Å². The number of hydrogen-bond donors (Lipinski definition) is 2. The van der Waals surface area contributed by atoms with Gasteiger partial charge in [0.05, 0.1) is 5.39 Å². The van der Waals surface area contributed by atoms with E-state index in [4.69, 9.17) is 0 Å². The molecule has 0 aromatic carbocycles. The molecular formula is C16H21N3O2S. The largest absolute Gasteiger partial charge is 0.354 e. The van der Waals surface area contributed by atoms with Gasteiger partial charge in [-0.1, -0.05) is 6.92 Å². The number of fused-ring (bicyclic) bond motifs is 3. The molecule has 22 heavy (non-hydrogen) atoms. The SMILES string of the molecule is CC[C@H](C)NC(=O)CCc1nc2sc3c(c2c(=O)[nH]1)CCC3. The Bertz CT molecular complexity index is 763. The van der Waals surface area contributed by atoms with Crippen LogP contribution in [0, 0.1) is 0 Å². The van der Waals surface area contributed by atoms with E-state index < -0.39 is 0 Å². The molecule has 1 aliphatic rings. The van der Waals surface area contributed by atoms with Crippen LogP contribution < -0.4 is 10.9 Å². The van der Waals surface area contributed by atoms with E-state index in [-0.39, 0.29) is 17.5 Å². The molecule has 0 radical (unpaired) electrons. The van der Waals surface area contributed by atoms with E-state index in [1.165, 1.54) is 10.4 Å². The highest BCUT2D eigenvalue weighted by molar-refractivity contribution is 7.18. The lowest BCUT2D eigenvalue weighted by atomic mass is 10.2. The Morgan fingerprint density at radius 3 is 3.05 bits per heavy atom. The summed E-state index contributed by atoms with van der Waals surface area (Å²) < 4.78 is 0. The summed E-state index contributed by atoms with van der Waals surface area (Å²) >= 11 is 1.63. The van der Waals surface area contributed by atoms with Gasteiger partial charge >= 0.3 is 0 Å². The van der Waals surface area contributed by atoms with E-state index in [0.717, 1.165) is 35.9 Å². The average Bonchev–Trinajstić information content (AvgIpc) is 3.05. The molecule has 5 nitrogen and oxygen atoms in total. The number of H-pyrrole nitrogens is 1. The van der Waals surface area contributed by atoms with Crippen LogP contribution in [0.5, 0.6) is 0 Å². The molecule has 1 aliphatic carbocycles. The van der Waals surface area contributed by atoms with Crippen LogP contribution in [0.2, 0.25) is 0 Å². The van der Waals surface area contributed by atoms with Crippen LogP contribution in [0.1, 0.15) is 49.4 Å². The van der Waals surface area contributed by atoms with Gasteiger partial charge in [0.25, 0.3) is 5.56 Å². The zero-order valence-corrected chi connectivity index (χ0v) is 13.8. The molecule has 118 valence electrons. The zero-order valence-electron chi connectivity index (χ0n) is 13.0. The number of carbonyl (C=O) groups excluding carboxylic acids is 1. The van der Waals surface area contributed by atoms with Crippen molar-refractivity contribution in [3.8, 4) is 0 Å². The highest BCUT2D eigenvalue weighted by atomic mass is 32.1. The van der Waals surface area contributed by atoms with E-state index in [0.29, 0.717) is 18.7 Å². The monoisotopic (exact) mass is 319 g/mol. The van der Waals surface area contributed by atoms with Crippen molar-refractivity contribution in [2.45, 2.75) is 58.4 Å². The molecule has 0 fully saturated rings. The van der Waals surface area contributed by atoms with Gasteiger partial charge in [0, 0.05) is 23.8 Å². The first-order chi connectivity index (χ1) is 10.6. The zero-order chi connectivity index (χ0) is 15.7. The van der Waals surface area contributed by atoms with Gasteiger partial charge in [-0.3, -0.25) is 9.59 Å². The highest BCUT2D eigenvalue weighted by Crippen LogP contribution is 2.34. The van der Waals surface area contributed by atoms with Gasteiger partial charge in [-0.25, -0.2) is 4.98 Å². The van der Waals surface area contributed by atoms with Crippen LogP contribution in [0.25, 0.3) is 10.2 Å². The van der Waals surface area contributed by atoms with Crippen LogP contribution in [0.3, 0.4) is 0 Å². The van der Waals surface area contributed by atoms with Gasteiger partial charge in [-0.2, -0.15) is 0 Å². The number of aryl methyl sites for hydroxylation is 3. The first-order valence-electron chi connectivity index (χ1n) is 7.91. The molecule has 1 atom stereocenters. The Labute approximate surface area is 133 Å². The van der Waals surface area contributed by atoms with E-state index in [2.05, 4.69) is 15.3 Å². The highest BCUT2D eigenvalue weighted by Gasteiger charge is 2.21. The maximum Gasteiger partial charge on any atom is 0.259 e. The number of hydrogen-bond acceptors (Lipinski definition) is 4. The van der Waals surface area contributed by atoms with Gasteiger partial charge in [0.1, 0.15) is 10.7 Å². The number of amides is 1. The number of rotatable bonds is 5. The summed E-state index contributed by atoms with van der Waals surface area (Å²) in [6, 6.07) is 0.183. The van der Waals surface area contributed by atoms with Crippen molar-refractivity contribution < 1.29 is 4.79 Å². The molecule has 0 saturated heterocycles. The van der Waals surface area contributed by atoms with Crippen molar-refractivity contribution in [2.75, 3.05) is 0 Å². The van der Waals surface area contributed by atoms with Crippen LogP contribution in [-0.4, -0.2) is 21.9 Å². The quantitative estimate of drug-likeness (QED) is 0.888. The van der Waals surface area contributed by atoms with E-state index >= 15 is 0 Å². The predicted octanol–water partition coefficient (Wildman–Crippen LogP) is 2.32. The summed E-state index contributed by atoms with van der Waals surface area (Å²) in [5, 5.41) is 3.70. The molecule has 2 aromatic rings. The third-order valence-corrected chi connectivity index (χ3v) is 5.42. The van der Waals surface area contributed by atoms with E-state index in [1.807, 2.05) is 13.8 Å². The summed E-state index contributed by atoms with van der Waals surface area (Å²) in [4.78, 5) is 33.7. The summed E-state index contributed by atoms with van der Waals surface area (Å²) in [5.41, 5.74) is 1.14. The third-order valence-electron chi connectivity index (χ3n) is 4.23. The molecule has 2 heterocycles. The molecule has 0 spiro atoms. The molecule has 3 rings (SSSR count). The lowest BCUT2D eigenvalue weighted by Gasteiger charge is -2.10. The number of aromatic nitrogens is 2. The number of nitrogens with zero attached hydrogens (tertiary/aromatic N) is 1. The van der Waals surface area contributed by atoms with Gasteiger partial charge < -0.3 is 10.3 Å². The Morgan fingerprint density at radius 1 is 1.45 bits per heavy atom. The lowest BCUT2D eigenvalue weighted by molar-refractivity contribution is -0.121. The fraction of sp³-hybridized carbons (Fsp3) is 0.562.